The summed E-state index contributed by atoms with van der Waals surface area (Å²) in [5.41, 5.74) is 3.89. The van der Waals surface area contributed by atoms with Gasteiger partial charge in [0.15, 0.2) is 0 Å². The number of rotatable bonds is 7. The molecule has 0 atom stereocenters. The van der Waals surface area contributed by atoms with Crippen LogP contribution in [0.4, 0.5) is 0 Å². The molecule has 146 valence electrons. The van der Waals surface area contributed by atoms with E-state index in [0.29, 0.717) is 18.7 Å². The maximum atomic E-state index is 12.2. The Morgan fingerprint density at radius 1 is 1.07 bits per heavy atom. The van der Waals surface area contributed by atoms with Crippen LogP contribution in [0.2, 0.25) is 0 Å². The van der Waals surface area contributed by atoms with Crippen molar-refractivity contribution in [2.75, 3.05) is 0 Å². The highest BCUT2D eigenvalue weighted by molar-refractivity contribution is 5.76. The Morgan fingerprint density at radius 3 is 2.43 bits per heavy atom. The highest BCUT2D eigenvalue weighted by atomic mass is 16.5. The summed E-state index contributed by atoms with van der Waals surface area (Å²) < 4.78 is 8.09. The maximum Gasteiger partial charge on any atom is 0.226 e. The topological polar surface area (TPSA) is 56.2 Å². The molecule has 1 N–H and O–H groups in total. The molecular weight excluding hydrogens is 350 g/mol. The van der Waals surface area contributed by atoms with E-state index >= 15 is 0 Å². The van der Waals surface area contributed by atoms with Crippen LogP contribution in [0.15, 0.2) is 54.6 Å². The standard InChI is InChI=1S/C23H27N3O2/c1-16(2)24-22(27)15-14-20-18(4)25-26(21-13-9-8-10-17(21)3)23(20)28-19-11-6-5-7-12-19/h5-13,16H,14-15H2,1-4H3,(H,24,27). The first kappa shape index (κ1) is 19.7. The van der Waals surface area contributed by atoms with Crippen LogP contribution in [-0.4, -0.2) is 21.7 Å². The third-order valence-electron chi connectivity index (χ3n) is 4.49. The molecule has 0 unspecified atom stereocenters. The second kappa shape index (κ2) is 8.74. The third kappa shape index (κ3) is 4.60. The Labute approximate surface area is 166 Å². The quantitative estimate of drug-likeness (QED) is 0.647. The van der Waals surface area contributed by atoms with Gasteiger partial charge in [-0.15, -0.1) is 0 Å². The predicted molar refractivity (Wildman–Crippen MR) is 111 cm³/mol. The summed E-state index contributed by atoms with van der Waals surface area (Å²) in [5.74, 6) is 1.43. The highest BCUT2D eigenvalue weighted by Crippen LogP contribution is 2.32. The van der Waals surface area contributed by atoms with Gasteiger partial charge in [-0.25, -0.2) is 0 Å². The van der Waals surface area contributed by atoms with Crippen molar-refractivity contribution in [1.82, 2.24) is 15.1 Å². The fourth-order valence-corrected chi connectivity index (χ4v) is 3.13. The number of benzene rings is 2. The van der Waals surface area contributed by atoms with Gasteiger partial charge in [-0.2, -0.15) is 9.78 Å². The zero-order chi connectivity index (χ0) is 20.1. The summed E-state index contributed by atoms with van der Waals surface area (Å²) in [4.78, 5) is 12.2. The molecule has 0 aliphatic carbocycles. The summed E-state index contributed by atoms with van der Waals surface area (Å²) in [6.45, 7) is 7.93. The minimum atomic E-state index is 0.0312. The van der Waals surface area contributed by atoms with Crippen molar-refractivity contribution in [3.05, 3.63) is 71.4 Å². The summed E-state index contributed by atoms with van der Waals surface area (Å²) >= 11 is 0. The van der Waals surface area contributed by atoms with E-state index in [1.54, 1.807) is 0 Å². The lowest BCUT2D eigenvalue weighted by Gasteiger charge is -2.13. The number of para-hydroxylation sites is 2. The van der Waals surface area contributed by atoms with Crippen molar-refractivity contribution in [3.8, 4) is 17.3 Å². The maximum absolute atomic E-state index is 12.2. The molecule has 1 amide bonds. The third-order valence-corrected chi connectivity index (χ3v) is 4.49. The molecule has 0 bridgehead atoms. The van der Waals surface area contributed by atoms with E-state index in [4.69, 9.17) is 9.84 Å². The molecule has 0 fully saturated rings. The molecule has 1 heterocycles. The number of hydrogen-bond donors (Lipinski definition) is 1. The predicted octanol–water partition coefficient (Wildman–Crippen LogP) is 4.74. The van der Waals surface area contributed by atoms with E-state index in [9.17, 15) is 4.79 Å². The van der Waals surface area contributed by atoms with Crippen molar-refractivity contribution in [1.29, 1.82) is 0 Å². The minimum absolute atomic E-state index is 0.0312. The van der Waals surface area contributed by atoms with Crippen LogP contribution < -0.4 is 10.1 Å². The van der Waals surface area contributed by atoms with E-state index in [2.05, 4.69) is 5.32 Å². The normalized spacial score (nSPS) is 10.9. The Balaban J connectivity index is 1.98. The molecular formula is C23H27N3O2. The molecule has 1 aromatic heterocycles. The van der Waals surface area contributed by atoms with Crippen molar-refractivity contribution < 1.29 is 9.53 Å². The Morgan fingerprint density at radius 2 is 1.75 bits per heavy atom. The summed E-state index contributed by atoms with van der Waals surface area (Å²) in [7, 11) is 0. The smallest absolute Gasteiger partial charge is 0.226 e. The molecule has 28 heavy (non-hydrogen) atoms. The first-order chi connectivity index (χ1) is 13.5. The van der Waals surface area contributed by atoms with Gasteiger partial charge in [0, 0.05) is 18.0 Å². The largest absolute Gasteiger partial charge is 0.439 e. The van der Waals surface area contributed by atoms with Crippen LogP contribution in [0.3, 0.4) is 0 Å². The number of aromatic nitrogens is 2. The van der Waals surface area contributed by atoms with Gasteiger partial charge in [0.25, 0.3) is 0 Å². The van der Waals surface area contributed by atoms with Crippen LogP contribution >= 0.6 is 0 Å². The minimum Gasteiger partial charge on any atom is -0.439 e. The second-order valence-electron chi connectivity index (χ2n) is 7.20. The fourth-order valence-electron chi connectivity index (χ4n) is 3.13. The average Bonchev–Trinajstić information content (AvgIpc) is 2.96. The number of amides is 1. The fraction of sp³-hybridized carbons (Fsp3) is 0.304. The molecule has 5 heteroatoms. The van der Waals surface area contributed by atoms with Crippen molar-refractivity contribution >= 4 is 5.91 Å². The Bertz CT molecular complexity index is 946. The Hall–Kier alpha value is -3.08. The van der Waals surface area contributed by atoms with E-state index < -0.39 is 0 Å². The number of hydrogen-bond acceptors (Lipinski definition) is 3. The monoisotopic (exact) mass is 377 g/mol. The zero-order valence-corrected chi connectivity index (χ0v) is 16.9. The molecule has 3 aromatic rings. The van der Waals surface area contributed by atoms with Gasteiger partial charge in [-0.05, 0) is 57.9 Å². The molecule has 0 spiro atoms. The molecule has 0 saturated heterocycles. The van der Waals surface area contributed by atoms with Crippen LogP contribution in [0.25, 0.3) is 5.69 Å². The number of carbonyl (C=O) groups excluding carboxylic acids is 1. The van der Waals surface area contributed by atoms with Crippen LogP contribution in [0.1, 0.15) is 37.1 Å². The zero-order valence-electron chi connectivity index (χ0n) is 16.9. The van der Waals surface area contributed by atoms with Gasteiger partial charge in [-0.1, -0.05) is 36.4 Å². The molecule has 0 radical (unpaired) electrons. The summed E-state index contributed by atoms with van der Waals surface area (Å²) in [6, 6.07) is 17.9. The molecule has 0 saturated carbocycles. The first-order valence-electron chi connectivity index (χ1n) is 9.62. The molecule has 3 rings (SSSR count). The van der Waals surface area contributed by atoms with E-state index in [1.165, 1.54) is 0 Å². The summed E-state index contributed by atoms with van der Waals surface area (Å²) in [5, 5.41) is 7.68. The van der Waals surface area contributed by atoms with Gasteiger partial charge in [-0.3, -0.25) is 4.79 Å². The summed E-state index contributed by atoms with van der Waals surface area (Å²) in [6.07, 6.45) is 0.960. The lowest BCUT2D eigenvalue weighted by molar-refractivity contribution is -0.121. The van der Waals surface area contributed by atoms with Gasteiger partial charge in [0.1, 0.15) is 5.75 Å². The van der Waals surface area contributed by atoms with Crippen LogP contribution in [0, 0.1) is 13.8 Å². The molecule has 0 aliphatic rings. The SMILES string of the molecule is Cc1ccccc1-n1nc(C)c(CCC(=O)NC(C)C)c1Oc1ccccc1. The number of nitrogens with one attached hydrogen (secondary N) is 1. The molecule has 2 aromatic carbocycles. The van der Waals surface area contributed by atoms with Crippen LogP contribution in [-0.2, 0) is 11.2 Å². The van der Waals surface area contributed by atoms with E-state index in [1.807, 2.05) is 87.0 Å². The second-order valence-corrected chi connectivity index (χ2v) is 7.20. The van der Waals surface area contributed by atoms with Gasteiger partial charge in [0.2, 0.25) is 11.8 Å². The van der Waals surface area contributed by atoms with Gasteiger partial charge < -0.3 is 10.1 Å². The average molecular weight is 377 g/mol. The first-order valence-corrected chi connectivity index (χ1v) is 9.62. The van der Waals surface area contributed by atoms with E-state index in [-0.39, 0.29) is 11.9 Å². The Kier molecular flexibility index (Phi) is 6.14. The molecule has 0 aliphatic heterocycles. The van der Waals surface area contributed by atoms with E-state index in [0.717, 1.165) is 28.3 Å². The number of nitrogens with zero attached hydrogens (tertiary/aromatic N) is 2. The van der Waals surface area contributed by atoms with Crippen molar-refractivity contribution in [3.63, 3.8) is 0 Å². The number of ether oxygens (including phenoxy) is 1. The number of carbonyl (C=O) groups is 1. The van der Waals surface area contributed by atoms with Crippen LogP contribution in [0.5, 0.6) is 11.6 Å². The lowest BCUT2D eigenvalue weighted by atomic mass is 10.1. The lowest BCUT2D eigenvalue weighted by Crippen LogP contribution is -2.30. The van der Waals surface area contributed by atoms with Gasteiger partial charge >= 0.3 is 0 Å². The highest BCUT2D eigenvalue weighted by Gasteiger charge is 2.20. The number of aryl methyl sites for hydroxylation is 2. The van der Waals surface area contributed by atoms with Crippen molar-refractivity contribution in [2.24, 2.45) is 0 Å². The molecule has 5 nitrogen and oxygen atoms in total. The van der Waals surface area contributed by atoms with Crippen molar-refractivity contribution in [2.45, 2.75) is 46.6 Å². The van der Waals surface area contributed by atoms with Gasteiger partial charge in [0.05, 0.1) is 11.4 Å².